The molecular weight excluding hydrogens is 242 g/mol. The maximum atomic E-state index is 10.5. The Morgan fingerprint density at radius 1 is 1.72 bits per heavy atom. The summed E-state index contributed by atoms with van der Waals surface area (Å²) in [6.07, 6.45) is 0.891. The Labute approximate surface area is 103 Å². The molecule has 1 aromatic rings. The second-order valence-corrected chi connectivity index (χ2v) is 3.55. The number of hydrogen-bond acceptors (Lipinski definition) is 8. The number of methoxy groups -OCH3 is 1. The molecule has 9 heteroatoms. The highest BCUT2D eigenvalue weighted by molar-refractivity contribution is 5.53. The van der Waals surface area contributed by atoms with E-state index in [1.54, 1.807) is 0 Å². The molecule has 1 heterocycles. The summed E-state index contributed by atoms with van der Waals surface area (Å²) < 4.78 is 4.76. The monoisotopic (exact) mass is 257 g/mol. The van der Waals surface area contributed by atoms with Crippen LogP contribution in [-0.2, 0) is 4.74 Å². The molecule has 0 amide bonds. The van der Waals surface area contributed by atoms with Crippen LogP contribution in [0.3, 0.4) is 0 Å². The number of nitrogens with two attached hydrogens (primary N) is 1. The van der Waals surface area contributed by atoms with Gasteiger partial charge in [-0.2, -0.15) is 4.98 Å². The van der Waals surface area contributed by atoms with Crippen LogP contribution in [0.15, 0.2) is 6.20 Å². The van der Waals surface area contributed by atoms with E-state index >= 15 is 0 Å². The van der Waals surface area contributed by atoms with Crippen molar-refractivity contribution < 1.29 is 14.8 Å². The van der Waals surface area contributed by atoms with Gasteiger partial charge in [0.15, 0.2) is 0 Å². The number of aliphatic hydroxyl groups is 1. The molecule has 0 aliphatic rings. The largest absolute Gasteiger partial charge is 0.391 e. The number of nitro groups is 1. The minimum absolute atomic E-state index is 0.183. The van der Waals surface area contributed by atoms with Crippen LogP contribution in [0.25, 0.3) is 0 Å². The minimum Gasteiger partial charge on any atom is -0.391 e. The van der Waals surface area contributed by atoms with Gasteiger partial charge >= 0.3 is 5.69 Å². The Morgan fingerprint density at radius 2 is 2.44 bits per heavy atom. The summed E-state index contributed by atoms with van der Waals surface area (Å²) in [6.45, 7) is 0.646. The zero-order valence-corrected chi connectivity index (χ0v) is 9.87. The number of hydrogen-bond donors (Lipinski definition) is 3. The van der Waals surface area contributed by atoms with Crippen LogP contribution in [0, 0.1) is 10.1 Å². The fourth-order valence-electron chi connectivity index (χ4n) is 1.24. The first-order chi connectivity index (χ1) is 8.54. The maximum absolute atomic E-state index is 10.5. The average Bonchev–Trinajstić information content (AvgIpc) is 2.29. The van der Waals surface area contributed by atoms with Gasteiger partial charge in [0.25, 0.3) is 0 Å². The van der Waals surface area contributed by atoms with Gasteiger partial charge in [-0.05, 0) is 6.42 Å². The molecule has 0 aromatic carbocycles. The minimum atomic E-state index is -0.651. The molecule has 0 radical (unpaired) electrons. The van der Waals surface area contributed by atoms with E-state index < -0.39 is 11.0 Å². The summed E-state index contributed by atoms with van der Waals surface area (Å²) in [6, 6.07) is 0. The molecule has 18 heavy (non-hydrogen) atoms. The SMILES string of the molecule is COCC(O)CCNc1ncc([N+](=O)[O-])c(N)n1. The number of nitrogens with zero attached hydrogens (tertiary/aromatic N) is 3. The summed E-state index contributed by atoms with van der Waals surface area (Å²) >= 11 is 0. The van der Waals surface area contributed by atoms with E-state index in [1.165, 1.54) is 7.11 Å². The lowest BCUT2D eigenvalue weighted by Gasteiger charge is -2.09. The summed E-state index contributed by atoms with van der Waals surface area (Å²) in [5, 5.41) is 22.7. The Balaban J connectivity index is 2.49. The van der Waals surface area contributed by atoms with E-state index in [0.717, 1.165) is 6.20 Å². The van der Waals surface area contributed by atoms with Crippen molar-refractivity contribution in [1.82, 2.24) is 9.97 Å². The topological polar surface area (TPSA) is 136 Å². The van der Waals surface area contributed by atoms with Gasteiger partial charge in [-0.1, -0.05) is 0 Å². The lowest BCUT2D eigenvalue weighted by Crippen LogP contribution is -2.19. The van der Waals surface area contributed by atoms with E-state index in [1.807, 2.05) is 0 Å². The number of aromatic nitrogens is 2. The molecule has 0 saturated heterocycles. The van der Waals surface area contributed by atoms with E-state index in [4.69, 9.17) is 10.5 Å². The molecule has 0 saturated carbocycles. The summed E-state index contributed by atoms with van der Waals surface area (Å²) in [7, 11) is 1.50. The highest BCUT2D eigenvalue weighted by atomic mass is 16.6. The van der Waals surface area contributed by atoms with E-state index in [-0.39, 0.29) is 24.1 Å². The number of aliphatic hydroxyl groups excluding tert-OH is 1. The van der Waals surface area contributed by atoms with Crippen LogP contribution in [0.5, 0.6) is 0 Å². The molecule has 0 bridgehead atoms. The number of anilines is 2. The van der Waals surface area contributed by atoms with Crippen molar-refractivity contribution in [3.8, 4) is 0 Å². The van der Waals surface area contributed by atoms with E-state index in [2.05, 4.69) is 15.3 Å². The molecule has 0 aliphatic heterocycles. The lowest BCUT2D eigenvalue weighted by molar-refractivity contribution is -0.384. The Kier molecular flexibility index (Phi) is 5.21. The summed E-state index contributed by atoms with van der Waals surface area (Å²) in [5.41, 5.74) is 5.07. The highest BCUT2D eigenvalue weighted by Crippen LogP contribution is 2.17. The van der Waals surface area contributed by atoms with Crippen LogP contribution in [0.4, 0.5) is 17.5 Å². The van der Waals surface area contributed by atoms with Crippen LogP contribution in [0.1, 0.15) is 6.42 Å². The molecule has 0 spiro atoms. The number of nitrogen functional groups attached to an aromatic ring is 1. The standard InChI is InChI=1S/C9H15N5O4/c1-18-5-6(15)2-3-11-9-12-4-7(14(16)17)8(10)13-9/h4,6,15H,2-3,5H2,1H3,(H3,10,11,12,13). The van der Waals surface area contributed by atoms with Crippen LogP contribution >= 0.6 is 0 Å². The fraction of sp³-hybridized carbons (Fsp3) is 0.556. The molecule has 0 aliphatic carbocycles. The molecular formula is C9H15N5O4. The van der Waals surface area contributed by atoms with Crippen LogP contribution in [-0.4, -0.2) is 46.4 Å². The lowest BCUT2D eigenvalue weighted by atomic mass is 10.3. The Bertz CT molecular complexity index is 414. The molecule has 1 aromatic heterocycles. The van der Waals surface area contributed by atoms with Crippen LogP contribution < -0.4 is 11.1 Å². The quantitative estimate of drug-likeness (QED) is 0.450. The van der Waals surface area contributed by atoms with Gasteiger partial charge in [0.2, 0.25) is 11.8 Å². The van der Waals surface area contributed by atoms with E-state index in [9.17, 15) is 15.2 Å². The second-order valence-electron chi connectivity index (χ2n) is 3.55. The van der Waals surface area contributed by atoms with Crippen molar-refractivity contribution in [2.24, 2.45) is 0 Å². The van der Waals surface area contributed by atoms with Crippen molar-refractivity contribution in [3.63, 3.8) is 0 Å². The van der Waals surface area contributed by atoms with Gasteiger partial charge in [0.05, 0.1) is 17.6 Å². The average molecular weight is 257 g/mol. The third kappa shape index (κ3) is 4.11. The number of ether oxygens (including phenoxy) is 1. The molecule has 1 rings (SSSR count). The van der Waals surface area contributed by atoms with E-state index in [0.29, 0.717) is 13.0 Å². The smallest absolute Gasteiger partial charge is 0.329 e. The number of nitrogens with one attached hydrogen (secondary N) is 1. The van der Waals surface area contributed by atoms with Crippen molar-refractivity contribution in [1.29, 1.82) is 0 Å². The normalized spacial score (nSPS) is 12.1. The van der Waals surface area contributed by atoms with Gasteiger partial charge < -0.3 is 20.9 Å². The van der Waals surface area contributed by atoms with Gasteiger partial charge in [-0.15, -0.1) is 0 Å². The Morgan fingerprint density at radius 3 is 3.00 bits per heavy atom. The molecule has 1 atom stereocenters. The zero-order valence-electron chi connectivity index (χ0n) is 9.87. The molecule has 4 N–H and O–H groups in total. The summed E-state index contributed by atoms with van der Waals surface area (Å²) in [4.78, 5) is 17.3. The van der Waals surface area contributed by atoms with Crippen molar-refractivity contribution in [3.05, 3.63) is 16.3 Å². The molecule has 0 fully saturated rings. The molecule has 100 valence electrons. The summed E-state index contributed by atoms with van der Waals surface area (Å²) in [5.74, 6) is -0.0161. The second kappa shape index (κ2) is 6.67. The fourth-order valence-corrected chi connectivity index (χ4v) is 1.24. The van der Waals surface area contributed by atoms with Crippen molar-refractivity contribution >= 4 is 17.5 Å². The van der Waals surface area contributed by atoms with Gasteiger partial charge in [0, 0.05) is 13.7 Å². The van der Waals surface area contributed by atoms with Crippen molar-refractivity contribution in [2.75, 3.05) is 31.3 Å². The van der Waals surface area contributed by atoms with Gasteiger partial charge in [0.1, 0.15) is 6.20 Å². The first-order valence-corrected chi connectivity index (χ1v) is 5.22. The first-order valence-electron chi connectivity index (χ1n) is 5.22. The zero-order chi connectivity index (χ0) is 13.5. The number of rotatable bonds is 7. The predicted octanol–water partition coefficient (Wildman–Crippen LogP) is -0.224. The van der Waals surface area contributed by atoms with Gasteiger partial charge in [-0.3, -0.25) is 10.1 Å². The predicted molar refractivity (Wildman–Crippen MR) is 64.1 cm³/mol. The van der Waals surface area contributed by atoms with Gasteiger partial charge in [-0.25, -0.2) is 4.98 Å². The molecule has 1 unspecified atom stereocenters. The third-order valence-corrected chi connectivity index (χ3v) is 2.11. The molecule has 9 nitrogen and oxygen atoms in total. The van der Waals surface area contributed by atoms with Crippen molar-refractivity contribution in [2.45, 2.75) is 12.5 Å². The van der Waals surface area contributed by atoms with Crippen LogP contribution in [0.2, 0.25) is 0 Å². The Hall–Kier alpha value is -2.00. The third-order valence-electron chi connectivity index (χ3n) is 2.11. The highest BCUT2D eigenvalue weighted by Gasteiger charge is 2.14. The maximum Gasteiger partial charge on any atom is 0.329 e. The first kappa shape index (κ1) is 14.1.